The molecule has 2 saturated heterocycles. The molecule has 2 aliphatic heterocycles. The number of nitrogens with zero attached hydrogens (tertiary/aromatic N) is 2. The second-order valence-electron chi connectivity index (χ2n) is 7.76. The number of halogens is 2. The number of likely N-dealkylation sites (tertiary alicyclic amines) is 2. The summed E-state index contributed by atoms with van der Waals surface area (Å²) >= 11 is 0. The van der Waals surface area contributed by atoms with Gasteiger partial charge < -0.3 is 10.6 Å². The predicted octanol–water partition coefficient (Wildman–Crippen LogP) is 2.29. The maximum atomic E-state index is 12.9. The molecule has 2 aliphatic carbocycles. The SMILES string of the molecule is Cl.Cl.NC1C2CCC(C2)C1C(=O)N1CCC(N2CCCCC2)C1. The molecule has 4 rings (SSSR count). The van der Waals surface area contributed by atoms with Crippen LogP contribution in [0, 0.1) is 17.8 Å². The molecule has 2 N–H and O–H groups in total. The number of rotatable bonds is 2. The zero-order chi connectivity index (χ0) is 14.4. The van der Waals surface area contributed by atoms with Crippen LogP contribution in [0.1, 0.15) is 44.9 Å². The smallest absolute Gasteiger partial charge is 0.227 e. The molecule has 6 heteroatoms. The monoisotopic (exact) mass is 363 g/mol. The number of nitrogens with two attached hydrogens (primary N) is 1. The first-order valence-corrected chi connectivity index (χ1v) is 9.02. The van der Waals surface area contributed by atoms with E-state index in [-0.39, 0.29) is 36.8 Å². The van der Waals surface area contributed by atoms with E-state index in [1.807, 2.05) is 0 Å². The fourth-order valence-electron chi connectivity index (χ4n) is 5.44. The Bertz CT molecular complexity index is 415. The first-order chi connectivity index (χ1) is 10.2. The minimum atomic E-state index is 0. The maximum absolute atomic E-state index is 12.9. The van der Waals surface area contributed by atoms with Crippen LogP contribution in [0.2, 0.25) is 0 Å². The molecule has 5 atom stereocenters. The van der Waals surface area contributed by atoms with Gasteiger partial charge in [0, 0.05) is 25.2 Å². The van der Waals surface area contributed by atoms with Crippen molar-refractivity contribution in [3.05, 3.63) is 0 Å². The average Bonchev–Trinajstić information content (AvgIpc) is 3.23. The van der Waals surface area contributed by atoms with E-state index in [0.29, 0.717) is 23.8 Å². The number of fused-ring (bicyclic) bond motifs is 2. The van der Waals surface area contributed by atoms with Gasteiger partial charge in [-0.15, -0.1) is 24.8 Å². The molecule has 2 heterocycles. The summed E-state index contributed by atoms with van der Waals surface area (Å²) in [6, 6.07) is 0.759. The third-order valence-corrected chi connectivity index (χ3v) is 6.65. The summed E-state index contributed by atoms with van der Waals surface area (Å²) in [6.07, 6.45) is 8.92. The highest BCUT2D eigenvalue weighted by Gasteiger charge is 2.50. The van der Waals surface area contributed by atoms with Gasteiger partial charge >= 0.3 is 0 Å². The van der Waals surface area contributed by atoms with Gasteiger partial charge in [-0.25, -0.2) is 0 Å². The number of hydrogen-bond acceptors (Lipinski definition) is 3. The molecule has 0 spiro atoms. The molecule has 2 saturated carbocycles. The third-order valence-electron chi connectivity index (χ3n) is 6.65. The van der Waals surface area contributed by atoms with E-state index >= 15 is 0 Å². The fraction of sp³-hybridized carbons (Fsp3) is 0.941. The Hall–Kier alpha value is -0.0300. The van der Waals surface area contributed by atoms with Crippen LogP contribution >= 0.6 is 24.8 Å². The molecule has 1 amide bonds. The topological polar surface area (TPSA) is 49.6 Å². The van der Waals surface area contributed by atoms with Gasteiger partial charge in [0.05, 0.1) is 5.92 Å². The van der Waals surface area contributed by atoms with Crippen molar-refractivity contribution in [2.24, 2.45) is 23.5 Å². The summed E-state index contributed by atoms with van der Waals surface area (Å²) in [5, 5.41) is 0. The van der Waals surface area contributed by atoms with Crippen LogP contribution in [0.25, 0.3) is 0 Å². The summed E-state index contributed by atoms with van der Waals surface area (Å²) in [5.74, 6) is 1.74. The van der Waals surface area contributed by atoms with Gasteiger partial charge in [-0.05, 0) is 63.5 Å². The Morgan fingerprint density at radius 2 is 1.61 bits per heavy atom. The van der Waals surface area contributed by atoms with Crippen LogP contribution in [0.5, 0.6) is 0 Å². The van der Waals surface area contributed by atoms with Crippen molar-refractivity contribution in [1.82, 2.24) is 9.80 Å². The second-order valence-corrected chi connectivity index (χ2v) is 7.76. The van der Waals surface area contributed by atoms with Gasteiger partial charge in [0.25, 0.3) is 0 Å². The number of amides is 1. The van der Waals surface area contributed by atoms with Crippen LogP contribution in [0.3, 0.4) is 0 Å². The number of carbonyl (C=O) groups is 1. The lowest BCUT2D eigenvalue weighted by Gasteiger charge is -2.33. The lowest BCUT2D eigenvalue weighted by atomic mass is 9.84. The quantitative estimate of drug-likeness (QED) is 0.818. The van der Waals surface area contributed by atoms with E-state index in [1.165, 1.54) is 58.0 Å². The Labute approximate surface area is 152 Å². The molecule has 0 aromatic heterocycles. The summed E-state index contributed by atoms with van der Waals surface area (Å²) in [6.45, 7) is 4.39. The van der Waals surface area contributed by atoms with E-state index < -0.39 is 0 Å². The van der Waals surface area contributed by atoms with Gasteiger partial charge in [0.2, 0.25) is 5.91 Å². The van der Waals surface area contributed by atoms with Crippen LogP contribution in [0.15, 0.2) is 0 Å². The Balaban J connectivity index is 0.000000960. The highest BCUT2D eigenvalue weighted by molar-refractivity contribution is 5.85. The number of piperidine rings is 1. The molecule has 23 heavy (non-hydrogen) atoms. The van der Waals surface area contributed by atoms with Crippen molar-refractivity contribution >= 4 is 30.7 Å². The van der Waals surface area contributed by atoms with Crippen molar-refractivity contribution < 1.29 is 4.79 Å². The molecule has 0 radical (unpaired) electrons. The first-order valence-electron chi connectivity index (χ1n) is 9.02. The zero-order valence-corrected chi connectivity index (χ0v) is 15.5. The summed E-state index contributed by atoms with van der Waals surface area (Å²) in [7, 11) is 0. The van der Waals surface area contributed by atoms with Crippen LogP contribution in [0.4, 0.5) is 0 Å². The lowest BCUT2D eigenvalue weighted by Crippen LogP contribution is -2.47. The van der Waals surface area contributed by atoms with E-state index in [2.05, 4.69) is 9.80 Å². The molecular formula is C17H31Cl2N3O. The van der Waals surface area contributed by atoms with Crippen molar-refractivity contribution in [2.75, 3.05) is 26.2 Å². The van der Waals surface area contributed by atoms with E-state index in [0.717, 1.165) is 13.1 Å². The minimum absolute atomic E-state index is 0. The largest absolute Gasteiger partial charge is 0.341 e. The second kappa shape index (κ2) is 7.90. The van der Waals surface area contributed by atoms with Gasteiger partial charge in [-0.3, -0.25) is 9.69 Å². The molecule has 4 aliphatic rings. The van der Waals surface area contributed by atoms with Crippen molar-refractivity contribution in [2.45, 2.75) is 57.0 Å². The van der Waals surface area contributed by atoms with E-state index in [4.69, 9.17) is 5.73 Å². The summed E-state index contributed by atoms with van der Waals surface area (Å²) in [4.78, 5) is 17.7. The predicted molar refractivity (Wildman–Crippen MR) is 97.2 cm³/mol. The normalized spacial score (nSPS) is 39.9. The fourth-order valence-corrected chi connectivity index (χ4v) is 5.44. The molecule has 4 fully saturated rings. The minimum Gasteiger partial charge on any atom is -0.341 e. The van der Waals surface area contributed by atoms with Gasteiger partial charge in [0.1, 0.15) is 0 Å². The standard InChI is InChI=1S/C17H29N3O.2ClH/c18-16-13-5-4-12(10-13)15(16)17(21)20-9-6-14(11-20)19-7-2-1-3-8-19;;/h12-16H,1-11,18H2;2*1H. The Morgan fingerprint density at radius 3 is 2.26 bits per heavy atom. The van der Waals surface area contributed by atoms with Crippen LogP contribution < -0.4 is 5.73 Å². The molecular weight excluding hydrogens is 333 g/mol. The van der Waals surface area contributed by atoms with Crippen molar-refractivity contribution in [3.63, 3.8) is 0 Å². The number of hydrogen-bond donors (Lipinski definition) is 1. The molecule has 0 aromatic carbocycles. The summed E-state index contributed by atoms with van der Waals surface area (Å²) in [5.41, 5.74) is 6.35. The van der Waals surface area contributed by atoms with E-state index in [9.17, 15) is 4.79 Å². The highest BCUT2D eigenvalue weighted by Crippen LogP contribution is 2.48. The van der Waals surface area contributed by atoms with Gasteiger partial charge in [-0.1, -0.05) is 6.42 Å². The first kappa shape index (κ1) is 19.3. The molecule has 4 nitrogen and oxygen atoms in total. The van der Waals surface area contributed by atoms with Gasteiger partial charge in [0.15, 0.2) is 0 Å². The van der Waals surface area contributed by atoms with E-state index in [1.54, 1.807) is 0 Å². The number of carbonyl (C=O) groups excluding carboxylic acids is 1. The molecule has 2 bridgehead atoms. The van der Waals surface area contributed by atoms with Crippen LogP contribution in [-0.2, 0) is 4.79 Å². The Morgan fingerprint density at radius 1 is 0.913 bits per heavy atom. The average molecular weight is 364 g/mol. The maximum Gasteiger partial charge on any atom is 0.227 e. The Kier molecular flexibility index (Phi) is 6.63. The summed E-state index contributed by atoms with van der Waals surface area (Å²) < 4.78 is 0. The molecule has 5 unspecified atom stereocenters. The molecule has 0 aromatic rings. The third kappa shape index (κ3) is 3.51. The van der Waals surface area contributed by atoms with Crippen LogP contribution in [-0.4, -0.2) is 54.0 Å². The van der Waals surface area contributed by atoms with Crippen molar-refractivity contribution in [1.29, 1.82) is 0 Å². The van der Waals surface area contributed by atoms with Gasteiger partial charge in [-0.2, -0.15) is 0 Å². The molecule has 134 valence electrons. The lowest BCUT2D eigenvalue weighted by molar-refractivity contribution is -0.136. The van der Waals surface area contributed by atoms with Crippen molar-refractivity contribution in [3.8, 4) is 0 Å². The highest BCUT2D eigenvalue weighted by atomic mass is 35.5. The zero-order valence-electron chi connectivity index (χ0n) is 13.9.